The number of rotatable bonds is 8. The van der Waals surface area contributed by atoms with E-state index in [0.717, 1.165) is 13.7 Å². The van der Waals surface area contributed by atoms with E-state index in [-0.39, 0.29) is 32.8 Å². The van der Waals surface area contributed by atoms with Gasteiger partial charge in [-0.25, -0.2) is 28.1 Å². The van der Waals surface area contributed by atoms with Crippen molar-refractivity contribution in [2.75, 3.05) is 27.4 Å². The third kappa shape index (κ3) is 3.34. The second-order valence-corrected chi connectivity index (χ2v) is 4.04. The maximum atomic E-state index is 12.2. The molecule has 0 aliphatic heterocycles. The third-order valence-electron chi connectivity index (χ3n) is 2.74. The first kappa shape index (κ1) is 16.1. The average Bonchev–Trinajstić information content (AvgIpc) is 2.43. The van der Waals surface area contributed by atoms with Crippen LogP contribution in [0.15, 0.2) is 27.0 Å². The van der Waals surface area contributed by atoms with E-state index in [1.807, 2.05) is 0 Å². The van der Waals surface area contributed by atoms with Crippen molar-refractivity contribution in [3.63, 3.8) is 0 Å². The summed E-state index contributed by atoms with van der Waals surface area (Å²) in [6, 6.07) is 0. The Bertz CT molecular complexity index is 579. The van der Waals surface area contributed by atoms with E-state index in [4.69, 9.17) is 9.47 Å². The molecular formula is C12H19N3O5. The Kier molecular flexibility index (Phi) is 6.13. The van der Waals surface area contributed by atoms with E-state index in [1.54, 1.807) is 0 Å². The summed E-state index contributed by atoms with van der Waals surface area (Å²) < 4.78 is 12.6. The molecule has 0 N–H and O–H groups in total. The number of aromatic nitrogens is 3. The Morgan fingerprint density at radius 2 is 1.30 bits per heavy atom. The standard InChI is InChI=1S/C12H19N3O5/c1-4-5-13-10(16)14(6-8-19-2)12(18)15(11(13)17)7-9-20-3/h4H,1,5-9H2,2-3H3. The monoisotopic (exact) mass is 285 g/mol. The Hall–Kier alpha value is -1.93. The molecule has 0 aliphatic carbocycles. The first-order valence-electron chi connectivity index (χ1n) is 6.11. The molecule has 0 unspecified atom stereocenters. The fourth-order valence-electron chi connectivity index (χ4n) is 1.72. The van der Waals surface area contributed by atoms with Crippen LogP contribution in [-0.2, 0) is 29.1 Å². The van der Waals surface area contributed by atoms with Crippen molar-refractivity contribution in [1.29, 1.82) is 0 Å². The van der Waals surface area contributed by atoms with Gasteiger partial charge in [0.1, 0.15) is 0 Å². The van der Waals surface area contributed by atoms with E-state index in [2.05, 4.69) is 6.58 Å². The van der Waals surface area contributed by atoms with Gasteiger partial charge in [-0.1, -0.05) is 6.08 Å². The molecule has 1 aromatic heterocycles. The van der Waals surface area contributed by atoms with Crippen molar-refractivity contribution in [3.05, 3.63) is 44.1 Å². The van der Waals surface area contributed by atoms with Crippen molar-refractivity contribution < 1.29 is 9.47 Å². The molecule has 0 saturated heterocycles. The van der Waals surface area contributed by atoms with E-state index < -0.39 is 17.1 Å². The summed E-state index contributed by atoms with van der Waals surface area (Å²) in [5, 5.41) is 0. The smallest absolute Gasteiger partial charge is 0.336 e. The van der Waals surface area contributed by atoms with Crippen molar-refractivity contribution >= 4 is 0 Å². The molecule has 0 amide bonds. The van der Waals surface area contributed by atoms with E-state index in [9.17, 15) is 14.4 Å². The summed E-state index contributed by atoms with van der Waals surface area (Å²) in [6.07, 6.45) is 1.43. The van der Waals surface area contributed by atoms with Crippen LogP contribution in [-0.4, -0.2) is 41.1 Å². The van der Waals surface area contributed by atoms with Crippen LogP contribution in [0.4, 0.5) is 0 Å². The summed E-state index contributed by atoms with van der Waals surface area (Å²) in [4.78, 5) is 36.4. The predicted molar refractivity (Wildman–Crippen MR) is 73.2 cm³/mol. The summed E-state index contributed by atoms with van der Waals surface area (Å²) >= 11 is 0. The second kappa shape index (κ2) is 7.61. The van der Waals surface area contributed by atoms with Gasteiger partial charge >= 0.3 is 17.1 Å². The Morgan fingerprint density at radius 3 is 1.65 bits per heavy atom. The molecule has 0 spiro atoms. The Labute approximate surface area is 115 Å². The van der Waals surface area contributed by atoms with Gasteiger partial charge in [0.15, 0.2) is 0 Å². The number of nitrogens with zero attached hydrogens (tertiary/aromatic N) is 3. The minimum atomic E-state index is -0.661. The highest BCUT2D eigenvalue weighted by molar-refractivity contribution is 4.82. The van der Waals surface area contributed by atoms with Crippen LogP contribution in [0.2, 0.25) is 0 Å². The zero-order valence-electron chi connectivity index (χ0n) is 11.7. The van der Waals surface area contributed by atoms with Crippen molar-refractivity contribution in [1.82, 2.24) is 13.7 Å². The van der Waals surface area contributed by atoms with Gasteiger partial charge in [-0.3, -0.25) is 0 Å². The normalized spacial score (nSPS) is 10.7. The van der Waals surface area contributed by atoms with Crippen molar-refractivity contribution in [2.45, 2.75) is 19.6 Å². The second-order valence-electron chi connectivity index (χ2n) is 4.04. The maximum absolute atomic E-state index is 12.2. The lowest BCUT2D eigenvalue weighted by atomic mass is 10.5. The van der Waals surface area contributed by atoms with Gasteiger partial charge in [0.2, 0.25) is 0 Å². The highest BCUT2D eigenvalue weighted by Crippen LogP contribution is 1.80. The summed E-state index contributed by atoms with van der Waals surface area (Å²) in [6.45, 7) is 4.10. The number of allylic oxidation sites excluding steroid dienone is 1. The molecule has 0 saturated carbocycles. The molecule has 0 fully saturated rings. The molecule has 0 radical (unpaired) electrons. The molecule has 0 atom stereocenters. The van der Waals surface area contributed by atoms with Gasteiger partial charge in [0.05, 0.1) is 32.8 Å². The SMILES string of the molecule is C=CCn1c(=O)n(CCOC)c(=O)n(CCOC)c1=O. The quantitative estimate of drug-likeness (QED) is 0.551. The van der Waals surface area contributed by atoms with Crippen LogP contribution in [0.5, 0.6) is 0 Å². The van der Waals surface area contributed by atoms with Crippen LogP contribution >= 0.6 is 0 Å². The molecule has 20 heavy (non-hydrogen) atoms. The molecule has 1 heterocycles. The fourth-order valence-corrected chi connectivity index (χ4v) is 1.72. The number of hydrogen-bond acceptors (Lipinski definition) is 5. The molecule has 0 bridgehead atoms. The van der Waals surface area contributed by atoms with Crippen LogP contribution < -0.4 is 17.1 Å². The average molecular weight is 285 g/mol. The van der Waals surface area contributed by atoms with E-state index in [0.29, 0.717) is 0 Å². The van der Waals surface area contributed by atoms with Crippen LogP contribution in [0, 0.1) is 0 Å². The van der Waals surface area contributed by atoms with Gasteiger partial charge in [0, 0.05) is 14.2 Å². The number of hydrogen-bond donors (Lipinski definition) is 0. The molecule has 8 nitrogen and oxygen atoms in total. The van der Waals surface area contributed by atoms with Gasteiger partial charge < -0.3 is 9.47 Å². The summed E-state index contributed by atoms with van der Waals surface area (Å²) in [5.74, 6) is 0. The van der Waals surface area contributed by atoms with Gasteiger partial charge in [-0.2, -0.15) is 0 Å². The minimum absolute atomic E-state index is 0.0396. The van der Waals surface area contributed by atoms with E-state index >= 15 is 0 Å². The zero-order chi connectivity index (χ0) is 15.1. The largest absolute Gasteiger partial charge is 0.383 e. The first-order valence-corrected chi connectivity index (χ1v) is 6.11. The fraction of sp³-hybridized carbons (Fsp3) is 0.583. The van der Waals surface area contributed by atoms with Gasteiger partial charge in [-0.05, 0) is 0 Å². The first-order chi connectivity index (χ1) is 9.58. The molecule has 1 rings (SSSR count). The molecule has 0 aromatic carbocycles. The molecule has 0 aliphatic rings. The highest BCUT2D eigenvalue weighted by Gasteiger charge is 2.14. The van der Waals surface area contributed by atoms with Crippen LogP contribution in [0.25, 0.3) is 0 Å². The maximum Gasteiger partial charge on any atom is 0.336 e. The summed E-state index contributed by atoms with van der Waals surface area (Å²) in [5.41, 5.74) is -1.98. The molecule has 112 valence electrons. The van der Waals surface area contributed by atoms with Crippen molar-refractivity contribution in [2.24, 2.45) is 0 Å². The highest BCUT2D eigenvalue weighted by atomic mass is 16.5. The Balaban J connectivity index is 3.47. The lowest BCUT2D eigenvalue weighted by Crippen LogP contribution is -2.55. The topological polar surface area (TPSA) is 84.5 Å². The molecular weight excluding hydrogens is 266 g/mol. The number of ether oxygens (including phenoxy) is 2. The zero-order valence-corrected chi connectivity index (χ0v) is 11.7. The molecule has 8 heteroatoms. The Morgan fingerprint density at radius 1 is 0.900 bits per heavy atom. The predicted octanol–water partition coefficient (Wildman–Crippen LogP) is -1.35. The van der Waals surface area contributed by atoms with Gasteiger partial charge in [0.25, 0.3) is 0 Å². The summed E-state index contributed by atoms with van der Waals surface area (Å²) in [7, 11) is 2.93. The van der Waals surface area contributed by atoms with Crippen LogP contribution in [0.3, 0.4) is 0 Å². The third-order valence-corrected chi connectivity index (χ3v) is 2.74. The number of methoxy groups -OCH3 is 2. The lowest BCUT2D eigenvalue weighted by molar-refractivity contribution is 0.174. The van der Waals surface area contributed by atoms with Crippen LogP contribution in [0.1, 0.15) is 0 Å². The van der Waals surface area contributed by atoms with Crippen molar-refractivity contribution in [3.8, 4) is 0 Å². The minimum Gasteiger partial charge on any atom is -0.383 e. The lowest BCUT2D eigenvalue weighted by Gasteiger charge is -2.12. The van der Waals surface area contributed by atoms with E-state index in [1.165, 1.54) is 20.3 Å². The molecule has 1 aromatic rings. The van der Waals surface area contributed by atoms with Gasteiger partial charge in [-0.15, -0.1) is 6.58 Å².